The standard InChI is InChI=1S/C20H29BClN/c1-6-7-8-11-17-14-20(19-13-10-9-12-18(17)19)21(22)23(15(2)3)16(4)5/h8-16,20H,6-7H2,1-5H3. The van der Waals surface area contributed by atoms with Crippen molar-refractivity contribution in [3.63, 3.8) is 0 Å². The molecule has 3 heteroatoms. The molecule has 0 saturated heterocycles. The molecule has 1 unspecified atom stereocenters. The number of nitrogens with zero attached hydrogens (tertiary/aromatic N) is 1. The van der Waals surface area contributed by atoms with Gasteiger partial charge in [-0.2, -0.15) is 11.5 Å². The van der Waals surface area contributed by atoms with Crippen molar-refractivity contribution >= 4 is 23.3 Å². The molecule has 1 atom stereocenters. The largest absolute Gasteiger partial charge is 0.343 e. The van der Waals surface area contributed by atoms with Crippen molar-refractivity contribution < 1.29 is 0 Å². The van der Waals surface area contributed by atoms with E-state index in [2.05, 4.69) is 81.9 Å². The highest BCUT2D eigenvalue weighted by atomic mass is 35.5. The number of unbranched alkanes of at least 4 members (excludes halogenated alkanes) is 1. The molecule has 1 aliphatic rings. The third-order valence-corrected chi connectivity index (χ3v) is 5.01. The average molecular weight is 330 g/mol. The van der Waals surface area contributed by atoms with Crippen molar-refractivity contribution in [1.29, 1.82) is 0 Å². The van der Waals surface area contributed by atoms with Crippen LogP contribution in [0.1, 0.15) is 64.4 Å². The molecule has 23 heavy (non-hydrogen) atoms. The summed E-state index contributed by atoms with van der Waals surface area (Å²) < 4.78 is 0. The third-order valence-electron chi connectivity index (χ3n) is 4.52. The van der Waals surface area contributed by atoms with E-state index in [1.54, 1.807) is 0 Å². The molecular weight excluding hydrogens is 300 g/mol. The van der Waals surface area contributed by atoms with E-state index in [1.165, 1.54) is 23.1 Å². The zero-order valence-corrected chi connectivity index (χ0v) is 15.8. The van der Waals surface area contributed by atoms with Crippen molar-refractivity contribution in [1.82, 2.24) is 4.81 Å². The van der Waals surface area contributed by atoms with Gasteiger partial charge < -0.3 is 4.81 Å². The summed E-state index contributed by atoms with van der Waals surface area (Å²) in [7, 11) is 0. The van der Waals surface area contributed by atoms with Crippen molar-refractivity contribution in [3.05, 3.63) is 53.6 Å². The van der Waals surface area contributed by atoms with E-state index in [9.17, 15) is 0 Å². The van der Waals surface area contributed by atoms with Gasteiger partial charge in [0.2, 0.25) is 0 Å². The van der Waals surface area contributed by atoms with Gasteiger partial charge in [0.15, 0.2) is 0 Å². The molecular formula is C20H29BClN. The first-order chi connectivity index (χ1) is 11.0. The molecule has 124 valence electrons. The first kappa shape index (κ1) is 18.4. The van der Waals surface area contributed by atoms with Crippen LogP contribution < -0.4 is 0 Å². The Hall–Kier alpha value is -0.985. The summed E-state index contributed by atoms with van der Waals surface area (Å²) in [6.07, 6.45) is 9.18. The van der Waals surface area contributed by atoms with E-state index in [0.717, 1.165) is 6.42 Å². The molecule has 0 amide bonds. The fraction of sp³-hybridized carbons (Fsp3) is 0.500. The van der Waals surface area contributed by atoms with Crippen LogP contribution in [0.5, 0.6) is 0 Å². The molecule has 1 aromatic carbocycles. The van der Waals surface area contributed by atoms with Crippen molar-refractivity contribution in [3.8, 4) is 0 Å². The summed E-state index contributed by atoms with van der Waals surface area (Å²) >= 11 is 6.95. The van der Waals surface area contributed by atoms with Gasteiger partial charge in [-0.25, -0.2) is 0 Å². The summed E-state index contributed by atoms with van der Waals surface area (Å²) in [6, 6.07) is 9.54. The second-order valence-corrected chi connectivity index (χ2v) is 7.38. The van der Waals surface area contributed by atoms with E-state index in [4.69, 9.17) is 11.5 Å². The number of fused-ring (bicyclic) bond motifs is 1. The van der Waals surface area contributed by atoms with Gasteiger partial charge in [-0.15, -0.1) is 0 Å². The lowest BCUT2D eigenvalue weighted by Gasteiger charge is -2.35. The lowest BCUT2D eigenvalue weighted by Crippen LogP contribution is -2.48. The quantitative estimate of drug-likeness (QED) is 0.562. The SMILES string of the molecule is CCCC=CC1=CC(B(Cl)N(C(C)C)C(C)C)c2ccccc21. The van der Waals surface area contributed by atoms with Gasteiger partial charge in [-0.1, -0.05) is 83.5 Å². The highest BCUT2D eigenvalue weighted by molar-refractivity contribution is 7.06. The van der Waals surface area contributed by atoms with Gasteiger partial charge in [0.05, 0.1) is 0 Å². The third kappa shape index (κ3) is 4.11. The van der Waals surface area contributed by atoms with Crippen LogP contribution >= 0.6 is 11.5 Å². The second-order valence-electron chi connectivity index (χ2n) is 6.93. The van der Waals surface area contributed by atoms with Crippen LogP contribution in [0, 0.1) is 0 Å². The number of halogens is 1. The Morgan fingerprint density at radius 2 is 1.83 bits per heavy atom. The molecule has 0 fully saturated rings. The molecule has 0 N–H and O–H groups in total. The molecule has 2 rings (SSSR count). The summed E-state index contributed by atoms with van der Waals surface area (Å²) in [5.74, 6) is 0.249. The summed E-state index contributed by atoms with van der Waals surface area (Å²) in [5, 5.41) is 0. The summed E-state index contributed by atoms with van der Waals surface area (Å²) in [6.45, 7) is 11.1. The minimum absolute atomic E-state index is 0.0202. The Morgan fingerprint density at radius 1 is 1.17 bits per heavy atom. The molecule has 0 saturated carbocycles. The van der Waals surface area contributed by atoms with E-state index in [1.807, 2.05) is 0 Å². The van der Waals surface area contributed by atoms with Crippen LogP contribution in [0.3, 0.4) is 0 Å². The minimum atomic E-state index is -0.0202. The topological polar surface area (TPSA) is 3.24 Å². The van der Waals surface area contributed by atoms with Crippen LogP contribution in [0.2, 0.25) is 0 Å². The van der Waals surface area contributed by atoms with Gasteiger partial charge in [-0.3, -0.25) is 0 Å². The smallest absolute Gasteiger partial charge is 0.323 e. The number of allylic oxidation sites excluding steroid dienone is 4. The Labute approximate surface area is 147 Å². The van der Waals surface area contributed by atoms with Gasteiger partial charge >= 0.3 is 6.26 Å². The molecule has 0 bridgehead atoms. The Morgan fingerprint density at radius 3 is 2.43 bits per heavy atom. The van der Waals surface area contributed by atoms with Crippen LogP contribution in [0.4, 0.5) is 0 Å². The molecule has 0 aromatic heterocycles. The zero-order chi connectivity index (χ0) is 17.0. The van der Waals surface area contributed by atoms with Crippen molar-refractivity contribution in [2.75, 3.05) is 0 Å². The Balaban J connectivity index is 2.34. The number of hydrogen-bond donors (Lipinski definition) is 0. The molecule has 0 heterocycles. The Kier molecular flexibility index (Phi) is 6.55. The predicted molar refractivity (Wildman–Crippen MR) is 105 cm³/mol. The van der Waals surface area contributed by atoms with E-state index >= 15 is 0 Å². The van der Waals surface area contributed by atoms with Crippen LogP contribution in [-0.4, -0.2) is 23.2 Å². The van der Waals surface area contributed by atoms with E-state index < -0.39 is 0 Å². The fourth-order valence-corrected chi connectivity index (χ4v) is 4.18. The van der Waals surface area contributed by atoms with Crippen molar-refractivity contribution in [2.45, 2.75) is 65.4 Å². The van der Waals surface area contributed by atoms with E-state index in [0.29, 0.717) is 12.1 Å². The zero-order valence-electron chi connectivity index (χ0n) is 15.1. The molecule has 1 aliphatic carbocycles. The normalized spacial score (nSPS) is 17.4. The van der Waals surface area contributed by atoms with Gasteiger partial charge in [-0.05, 0) is 35.2 Å². The first-order valence-electron chi connectivity index (χ1n) is 8.86. The minimum Gasteiger partial charge on any atom is -0.323 e. The lowest BCUT2D eigenvalue weighted by molar-refractivity contribution is 0.306. The monoisotopic (exact) mass is 329 g/mol. The maximum Gasteiger partial charge on any atom is 0.343 e. The number of hydrogen-bond acceptors (Lipinski definition) is 1. The van der Waals surface area contributed by atoms with E-state index in [-0.39, 0.29) is 12.1 Å². The number of benzene rings is 1. The van der Waals surface area contributed by atoms with Crippen LogP contribution in [0.15, 0.2) is 42.5 Å². The second kappa shape index (κ2) is 8.21. The molecule has 0 spiro atoms. The van der Waals surface area contributed by atoms with Gasteiger partial charge in [0, 0.05) is 5.82 Å². The van der Waals surface area contributed by atoms with Crippen LogP contribution in [-0.2, 0) is 0 Å². The highest BCUT2D eigenvalue weighted by Crippen LogP contribution is 2.40. The Bertz CT molecular complexity index is 569. The van der Waals surface area contributed by atoms with Gasteiger partial charge in [0.1, 0.15) is 0 Å². The summed E-state index contributed by atoms with van der Waals surface area (Å²) in [5.41, 5.74) is 4.01. The van der Waals surface area contributed by atoms with Gasteiger partial charge in [0.25, 0.3) is 0 Å². The number of rotatable bonds is 7. The molecule has 1 aromatic rings. The summed E-state index contributed by atoms with van der Waals surface area (Å²) in [4.78, 5) is 2.40. The average Bonchev–Trinajstić information content (AvgIpc) is 2.86. The predicted octanol–water partition coefficient (Wildman–Crippen LogP) is 5.91. The molecule has 1 nitrogen and oxygen atoms in total. The fourth-order valence-electron chi connectivity index (χ4n) is 3.52. The maximum atomic E-state index is 6.95. The van der Waals surface area contributed by atoms with Crippen LogP contribution in [0.25, 0.3) is 5.57 Å². The maximum absolute atomic E-state index is 6.95. The molecule has 0 radical (unpaired) electrons. The first-order valence-corrected chi connectivity index (χ1v) is 9.30. The highest BCUT2D eigenvalue weighted by Gasteiger charge is 2.37. The lowest BCUT2D eigenvalue weighted by atomic mass is 9.67. The van der Waals surface area contributed by atoms with Crippen molar-refractivity contribution in [2.24, 2.45) is 0 Å². The molecule has 0 aliphatic heterocycles.